The number of carbonyl (C=O) groups is 2. The zero-order valence-corrected chi connectivity index (χ0v) is 19.7. The van der Waals surface area contributed by atoms with E-state index in [0.29, 0.717) is 37.3 Å². The number of anilines is 1. The van der Waals surface area contributed by atoms with Crippen LogP contribution < -0.4 is 19.1 Å². The molecule has 34 heavy (non-hydrogen) atoms. The fourth-order valence-corrected chi connectivity index (χ4v) is 4.79. The van der Waals surface area contributed by atoms with E-state index in [9.17, 15) is 28.2 Å². The second-order valence-corrected chi connectivity index (χ2v) is 9.47. The molecule has 2 aromatic rings. The van der Waals surface area contributed by atoms with E-state index in [4.69, 9.17) is 4.74 Å². The Bertz CT molecular complexity index is 1150. The van der Waals surface area contributed by atoms with Crippen molar-refractivity contribution in [2.75, 3.05) is 24.0 Å². The van der Waals surface area contributed by atoms with Crippen molar-refractivity contribution in [3.05, 3.63) is 47.5 Å². The number of nitrogens with zero attached hydrogens (tertiary/aromatic N) is 1. The van der Waals surface area contributed by atoms with Crippen LogP contribution in [0.3, 0.4) is 0 Å². The maximum Gasteiger partial charge on any atom is 0.326 e. The van der Waals surface area contributed by atoms with Crippen LogP contribution in [0.15, 0.2) is 36.4 Å². The normalized spacial score (nSPS) is 14.6. The SMILES string of the molecule is CCc1c(O)cccc1OCCCCNC(=O)CCc1ccc(N2CC(=O)NS2(=O)=O)c(O)c1. The van der Waals surface area contributed by atoms with E-state index in [-0.39, 0.29) is 29.5 Å². The largest absolute Gasteiger partial charge is 0.508 e. The van der Waals surface area contributed by atoms with Gasteiger partial charge in [0.05, 0.1) is 12.3 Å². The summed E-state index contributed by atoms with van der Waals surface area (Å²) in [6, 6.07) is 9.62. The third-order valence-corrected chi connectivity index (χ3v) is 6.77. The molecule has 0 bridgehead atoms. The highest BCUT2D eigenvalue weighted by molar-refractivity contribution is 7.92. The Morgan fingerprint density at radius 3 is 2.65 bits per heavy atom. The molecule has 0 aromatic heterocycles. The molecule has 4 N–H and O–H groups in total. The van der Waals surface area contributed by atoms with Crippen molar-refractivity contribution < 1.29 is 33.0 Å². The smallest absolute Gasteiger partial charge is 0.326 e. The fraction of sp³-hybridized carbons (Fsp3) is 0.391. The summed E-state index contributed by atoms with van der Waals surface area (Å²) in [6.07, 6.45) is 2.72. The summed E-state index contributed by atoms with van der Waals surface area (Å²) in [5, 5.41) is 22.9. The van der Waals surface area contributed by atoms with Crippen LogP contribution >= 0.6 is 0 Å². The lowest BCUT2D eigenvalue weighted by atomic mass is 10.1. The van der Waals surface area contributed by atoms with Crippen molar-refractivity contribution in [3.63, 3.8) is 0 Å². The molecule has 0 radical (unpaired) electrons. The Kier molecular flexibility index (Phi) is 8.21. The van der Waals surface area contributed by atoms with Gasteiger partial charge in [0, 0.05) is 18.5 Å². The number of amides is 2. The summed E-state index contributed by atoms with van der Waals surface area (Å²) >= 11 is 0. The Morgan fingerprint density at radius 1 is 1.18 bits per heavy atom. The average molecular weight is 492 g/mol. The van der Waals surface area contributed by atoms with Crippen LogP contribution in [-0.2, 0) is 32.6 Å². The van der Waals surface area contributed by atoms with Crippen LogP contribution in [0.2, 0.25) is 0 Å². The van der Waals surface area contributed by atoms with Crippen LogP contribution in [0.25, 0.3) is 0 Å². The molecule has 2 aromatic carbocycles. The second kappa shape index (κ2) is 11.1. The number of aryl methyl sites for hydroxylation is 1. The van der Waals surface area contributed by atoms with Gasteiger partial charge in [-0.15, -0.1) is 0 Å². The highest BCUT2D eigenvalue weighted by atomic mass is 32.2. The van der Waals surface area contributed by atoms with E-state index in [0.717, 1.165) is 22.7 Å². The maximum atomic E-state index is 12.1. The molecule has 0 spiro atoms. The molecule has 0 saturated carbocycles. The van der Waals surface area contributed by atoms with Gasteiger partial charge in [0.15, 0.2) is 0 Å². The summed E-state index contributed by atoms with van der Waals surface area (Å²) in [5.41, 5.74) is 1.45. The monoisotopic (exact) mass is 491 g/mol. The molecule has 2 amide bonds. The van der Waals surface area contributed by atoms with Gasteiger partial charge in [-0.05, 0) is 55.5 Å². The highest BCUT2D eigenvalue weighted by Gasteiger charge is 2.35. The Hall–Kier alpha value is -3.47. The lowest BCUT2D eigenvalue weighted by molar-refractivity contribution is -0.121. The van der Waals surface area contributed by atoms with Gasteiger partial charge in [0.25, 0.3) is 5.91 Å². The lowest BCUT2D eigenvalue weighted by Gasteiger charge is -2.16. The minimum atomic E-state index is -4.00. The Labute approximate surface area is 198 Å². The zero-order chi connectivity index (χ0) is 24.7. The van der Waals surface area contributed by atoms with Gasteiger partial charge in [-0.3, -0.25) is 9.59 Å². The van der Waals surface area contributed by atoms with E-state index >= 15 is 0 Å². The lowest BCUT2D eigenvalue weighted by Crippen LogP contribution is -2.29. The van der Waals surface area contributed by atoms with Gasteiger partial charge >= 0.3 is 10.2 Å². The van der Waals surface area contributed by atoms with E-state index < -0.39 is 22.7 Å². The molecule has 3 rings (SSSR count). The van der Waals surface area contributed by atoms with Gasteiger partial charge in [0.2, 0.25) is 5.91 Å². The number of hydrogen-bond acceptors (Lipinski definition) is 7. The van der Waals surface area contributed by atoms with Crippen molar-refractivity contribution in [1.82, 2.24) is 10.0 Å². The summed E-state index contributed by atoms with van der Waals surface area (Å²) in [7, 11) is -4.00. The third-order valence-electron chi connectivity index (χ3n) is 5.38. The molecule has 1 aliphatic rings. The van der Waals surface area contributed by atoms with Crippen LogP contribution in [0, 0.1) is 0 Å². The van der Waals surface area contributed by atoms with Crippen LogP contribution in [0.1, 0.15) is 37.3 Å². The van der Waals surface area contributed by atoms with E-state index in [1.165, 1.54) is 12.1 Å². The number of phenols is 2. The van der Waals surface area contributed by atoms with Crippen LogP contribution in [0.5, 0.6) is 17.2 Å². The number of nitrogens with one attached hydrogen (secondary N) is 2. The number of rotatable bonds is 11. The molecule has 0 unspecified atom stereocenters. The van der Waals surface area contributed by atoms with E-state index in [1.54, 1.807) is 18.2 Å². The first-order valence-electron chi connectivity index (χ1n) is 11.1. The van der Waals surface area contributed by atoms with Crippen molar-refractivity contribution in [2.24, 2.45) is 0 Å². The summed E-state index contributed by atoms with van der Waals surface area (Å²) in [5.74, 6) is -0.190. The number of benzene rings is 2. The fourth-order valence-electron chi connectivity index (χ4n) is 3.62. The summed E-state index contributed by atoms with van der Waals surface area (Å²) in [4.78, 5) is 23.5. The molecule has 0 atom stereocenters. The number of hydrogen-bond donors (Lipinski definition) is 4. The van der Waals surface area contributed by atoms with Crippen molar-refractivity contribution in [2.45, 2.75) is 39.0 Å². The van der Waals surface area contributed by atoms with Gasteiger partial charge in [-0.25, -0.2) is 9.03 Å². The quantitative estimate of drug-likeness (QED) is 0.350. The van der Waals surface area contributed by atoms with E-state index in [2.05, 4.69) is 5.32 Å². The van der Waals surface area contributed by atoms with Crippen LogP contribution in [-0.4, -0.2) is 50.1 Å². The molecule has 1 aliphatic heterocycles. The summed E-state index contributed by atoms with van der Waals surface area (Å²) < 4.78 is 32.2. The molecule has 1 fully saturated rings. The molecule has 11 heteroatoms. The predicted molar refractivity (Wildman–Crippen MR) is 126 cm³/mol. The van der Waals surface area contributed by atoms with Gasteiger partial charge in [0.1, 0.15) is 23.8 Å². The highest BCUT2D eigenvalue weighted by Crippen LogP contribution is 2.31. The standard InChI is InChI=1S/C23H29N3O7S/c1-2-17-19(27)6-5-7-21(17)33-13-4-3-12-24-22(29)11-9-16-8-10-18(20(28)14-16)26-15-23(30)25-34(26,31)32/h5-8,10,14,27-28H,2-4,9,11-13,15H2,1H3,(H,24,29)(H,25,30). The van der Waals surface area contributed by atoms with Gasteiger partial charge in [-0.2, -0.15) is 8.42 Å². The first-order chi connectivity index (χ1) is 16.2. The van der Waals surface area contributed by atoms with Crippen molar-refractivity contribution in [3.8, 4) is 17.2 Å². The number of ether oxygens (including phenoxy) is 1. The van der Waals surface area contributed by atoms with Crippen LogP contribution in [0.4, 0.5) is 5.69 Å². The molecular weight excluding hydrogens is 462 g/mol. The van der Waals surface area contributed by atoms with Crippen molar-refractivity contribution >= 4 is 27.7 Å². The minimum Gasteiger partial charge on any atom is -0.508 e. The molecule has 184 valence electrons. The molecule has 1 heterocycles. The number of aromatic hydroxyl groups is 2. The molecule has 1 saturated heterocycles. The third kappa shape index (κ3) is 6.31. The number of phenolic OH excluding ortho intramolecular Hbond substituents is 2. The first kappa shape index (κ1) is 25.2. The molecule has 10 nitrogen and oxygen atoms in total. The number of unbranched alkanes of at least 4 members (excludes halogenated alkanes) is 1. The topological polar surface area (TPSA) is 145 Å². The molecular formula is C23H29N3O7S. The zero-order valence-electron chi connectivity index (χ0n) is 18.9. The second-order valence-electron chi connectivity index (χ2n) is 7.87. The van der Waals surface area contributed by atoms with Gasteiger partial charge < -0.3 is 20.3 Å². The van der Waals surface area contributed by atoms with E-state index in [1.807, 2.05) is 17.7 Å². The summed E-state index contributed by atoms with van der Waals surface area (Å²) in [6.45, 7) is 2.54. The Morgan fingerprint density at radius 2 is 1.97 bits per heavy atom. The Balaban J connectivity index is 1.37. The number of carbonyl (C=O) groups excluding carboxylic acids is 2. The maximum absolute atomic E-state index is 12.1. The van der Waals surface area contributed by atoms with Gasteiger partial charge in [-0.1, -0.05) is 19.1 Å². The molecule has 0 aliphatic carbocycles. The van der Waals surface area contributed by atoms with Crippen molar-refractivity contribution in [1.29, 1.82) is 0 Å². The minimum absolute atomic E-state index is 0.00513. The average Bonchev–Trinajstić information content (AvgIpc) is 3.06. The predicted octanol–water partition coefficient (Wildman–Crippen LogP) is 1.75. The first-order valence-corrected chi connectivity index (χ1v) is 12.5.